The quantitative estimate of drug-likeness (QED) is 0.0858. The summed E-state index contributed by atoms with van der Waals surface area (Å²) in [7, 11) is 1.21. The van der Waals surface area contributed by atoms with E-state index in [0.717, 1.165) is 22.3 Å². The third kappa shape index (κ3) is 10.8. The molecule has 6 aromatic rings. The third-order valence-corrected chi connectivity index (χ3v) is 8.63. The zero-order valence-electron chi connectivity index (χ0n) is 30.9. The molecule has 0 radical (unpaired) electrons. The fraction of sp³-hybridized carbons (Fsp3) is 0.152. The number of hydrogen-bond donors (Lipinski definition) is 2. The summed E-state index contributed by atoms with van der Waals surface area (Å²) in [5.41, 5.74) is 3.96. The number of methoxy groups -OCH3 is 1. The number of amides is 2. The number of rotatable bonds is 18. The molecular weight excluding hydrogens is 709 g/mol. The number of hydrogen-bond acceptors (Lipinski definition) is 8. The van der Waals surface area contributed by atoms with E-state index in [1.165, 1.54) is 7.11 Å². The molecule has 2 amide bonds. The Bertz CT molecular complexity index is 2180. The van der Waals surface area contributed by atoms with Crippen molar-refractivity contribution in [1.82, 2.24) is 10.6 Å². The molecule has 6 aromatic carbocycles. The highest BCUT2D eigenvalue weighted by atomic mass is 16.5. The summed E-state index contributed by atoms with van der Waals surface area (Å²) in [6, 6.07) is 47.0. The second-order valence-electron chi connectivity index (χ2n) is 12.6. The summed E-state index contributed by atoms with van der Waals surface area (Å²) in [5.74, 6) is -0.802. The first-order valence-electron chi connectivity index (χ1n) is 18.1. The molecule has 10 heteroatoms. The Morgan fingerprint density at radius 2 is 0.839 bits per heavy atom. The highest BCUT2D eigenvalue weighted by Gasteiger charge is 2.27. The fourth-order valence-corrected chi connectivity index (χ4v) is 5.71. The maximum Gasteiger partial charge on any atom is 0.330 e. The van der Waals surface area contributed by atoms with Crippen LogP contribution in [-0.4, -0.2) is 37.5 Å². The molecule has 0 aliphatic heterocycles. The van der Waals surface area contributed by atoms with Crippen molar-refractivity contribution in [2.75, 3.05) is 13.7 Å². The van der Waals surface area contributed by atoms with Gasteiger partial charge in [0, 0.05) is 6.54 Å². The molecule has 0 aliphatic carbocycles. The lowest BCUT2D eigenvalue weighted by Crippen LogP contribution is -2.49. The summed E-state index contributed by atoms with van der Waals surface area (Å²) in [5, 5.41) is 5.50. The molecule has 10 nitrogen and oxygen atoms in total. The lowest BCUT2D eigenvalue weighted by molar-refractivity contribution is -0.142. The average Bonchev–Trinajstić information content (AvgIpc) is 3.25. The normalized spacial score (nSPS) is 11.1. The van der Waals surface area contributed by atoms with Gasteiger partial charge in [-0.1, -0.05) is 133 Å². The van der Waals surface area contributed by atoms with E-state index in [4.69, 9.17) is 23.7 Å². The minimum atomic E-state index is -1.27. The molecule has 0 saturated heterocycles. The number of carbonyl (C=O) groups excluding carboxylic acids is 3. The lowest BCUT2D eigenvalue weighted by Gasteiger charge is -2.21. The molecule has 56 heavy (non-hydrogen) atoms. The second-order valence-corrected chi connectivity index (χ2v) is 12.6. The summed E-state index contributed by atoms with van der Waals surface area (Å²) in [6.07, 6.45) is 0. The molecule has 0 unspecified atom stereocenters. The second kappa shape index (κ2) is 19.8. The maximum absolute atomic E-state index is 14.0. The van der Waals surface area contributed by atoms with E-state index in [-0.39, 0.29) is 55.6 Å². The summed E-state index contributed by atoms with van der Waals surface area (Å²) in [4.78, 5) is 40.8. The Labute approximate surface area is 326 Å². The van der Waals surface area contributed by atoms with Gasteiger partial charge in [0.25, 0.3) is 11.8 Å². The number of benzene rings is 6. The van der Waals surface area contributed by atoms with E-state index < -0.39 is 23.8 Å². The molecule has 0 bridgehead atoms. The van der Waals surface area contributed by atoms with E-state index in [2.05, 4.69) is 10.6 Å². The van der Waals surface area contributed by atoms with Crippen molar-refractivity contribution < 1.29 is 38.1 Å². The number of para-hydroxylation sites is 2. The van der Waals surface area contributed by atoms with Crippen LogP contribution < -0.4 is 29.6 Å². The number of esters is 1. The first-order chi connectivity index (χ1) is 27.5. The smallest absolute Gasteiger partial charge is 0.330 e. The standard InChI is InChI=1S/C46H42N2O8/c1-52-46(51)39(48-45(50)38-25-15-27-41(54-30-34-18-8-3-9-19-34)43(38)56-32-36-22-12-5-13-23-36)28-47-44(49)37-24-14-26-40(53-29-33-16-6-2-7-17-33)42(37)55-31-35-20-10-4-11-21-35/h2-27,39H,28-32H2,1H3,(H,47,49)(H,48,50)/t39-/m1/s1. The van der Waals surface area contributed by atoms with Gasteiger partial charge >= 0.3 is 5.97 Å². The topological polar surface area (TPSA) is 121 Å². The van der Waals surface area contributed by atoms with Gasteiger partial charge in [-0.2, -0.15) is 0 Å². The zero-order chi connectivity index (χ0) is 39.0. The van der Waals surface area contributed by atoms with Crippen LogP contribution in [0.15, 0.2) is 158 Å². The van der Waals surface area contributed by atoms with Gasteiger partial charge in [0.1, 0.15) is 32.5 Å². The molecule has 6 rings (SSSR count). The number of carbonyl (C=O) groups is 3. The molecule has 0 fully saturated rings. The minimum Gasteiger partial charge on any atom is -0.485 e. The van der Waals surface area contributed by atoms with Crippen LogP contribution in [-0.2, 0) is 36.0 Å². The lowest BCUT2D eigenvalue weighted by atomic mass is 10.1. The van der Waals surface area contributed by atoms with E-state index in [0.29, 0.717) is 11.5 Å². The van der Waals surface area contributed by atoms with Crippen LogP contribution >= 0.6 is 0 Å². The Morgan fingerprint density at radius 3 is 1.23 bits per heavy atom. The predicted octanol–water partition coefficient (Wildman–Crippen LogP) is 7.70. The van der Waals surface area contributed by atoms with Crippen LogP contribution in [0, 0.1) is 0 Å². The molecular formula is C46H42N2O8. The highest BCUT2D eigenvalue weighted by molar-refractivity contribution is 6.01. The van der Waals surface area contributed by atoms with Gasteiger partial charge in [0.15, 0.2) is 23.0 Å². The molecule has 0 aliphatic rings. The van der Waals surface area contributed by atoms with Crippen LogP contribution in [0.2, 0.25) is 0 Å². The van der Waals surface area contributed by atoms with Crippen LogP contribution in [0.5, 0.6) is 23.0 Å². The molecule has 0 spiro atoms. The molecule has 0 heterocycles. The van der Waals surface area contributed by atoms with Crippen molar-refractivity contribution in [3.05, 3.63) is 191 Å². The molecule has 0 saturated carbocycles. The van der Waals surface area contributed by atoms with Crippen molar-refractivity contribution in [2.45, 2.75) is 32.5 Å². The average molecular weight is 751 g/mol. The molecule has 284 valence electrons. The van der Waals surface area contributed by atoms with Gasteiger partial charge in [0.2, 0.25) is 0 Å². The van der Waals surface area contributed by atoms with Crippen molar-refractivity contribution in [3.63, 3.8) is 0 Å². The first kappa shape index (κ1) is 38.6. The fourth-order valence-electron chi connectivity index (χ4n) is 5.71. The van der Waals surface area contributed by atoms with E-state index in [1.54, 1.807) is 36.4 Å². The molecule has 0 aromatic heterocycles. The van der Waals surface area contributed by atoms with Crippen molar-refractivity contribution in [1.29, 1.82) is 0 Å². The van der Waals surface area contributed by atoms with E-state index >= 15 is 0 Å². The van der Waals surface area contributed by atoms with Crippen LogP contribution in [0.25, 0.3) is 0 Å². The van der Waals surface area contributed by atoms with Crippen molar-refractivity contribution >= 4 is 17.8 Å². The Hall–Kier alpha value is -7.07. The first-order valence-corrected chi connectivity index (χ1v) is 18.1. The Balaban J connectivity index is 1.20. The Morgan fingerprint density at radius 1 is 0.464 bits per heavy atom. The largest absolute Gasteiger partial charge is 0.485 e. The van der Waals surface area contributed by atoms with Gasteiger partial charge in [-0.05, 0) is 46.5 Å². The Kier molecular flexibility index (Phi) is 13.7. The molecule has 1 atom stereocenters. The van der Waals surface area contributed by atoms with Gasteiger partial charge in [0.05, 0.1) is 18.2 Å². The third-order valence-electron chi connectivity index (χ3n) is 8.63. The minimum absolute atomic E-state index is 0.131. The summed E-state index contributed by atoms with van der Waals surface area (Å²) >= 11 is 0. The van der Waals surface area contributed by atoms with Gasteiger partial charge in [-0.3, -0.25) is 9.59 Å². The monoisotopic (exact) mass is 750 g/mol. The van der Waals surface area contributed by atoms with Crippen molar-refractivity contribution in [3.8, 4) is 23.0 Å². The van der Waals surface area contributed by atoms with Gasteiger partial charge in [-0.25, -0.2) is 4.79 Å². The van der Waals surface area contributed by atoms with Crippen LogP contribution in [0.3, 0.4) is 0 Å². The summed E-state index contributed by atoms with van der Waals surface area (Å²) in [6.45, 7) is 0.525. The highest BCUT2D eigenvalue weighted by Crippen LogP contribution is 2.34. The SMILES string of the molecule is COC(=O)[C@@H](CNC(=O)c1cccc(OCc2ccccc2)c1OCc1ccccc1)NC(=O)c1cccc(OCc2ccccc2)c1OCc1ccccc1. The molecule has 2 N–H and O–H groups in total. The van der Waals surface area contributed by atoms with Crippen LogP contribution in [0.4, 0.5) is 0 Å². The summed E-state index contributed by atoms with van der Waals surface area (Å²) < 4.78 is 29.7. The van der Waals surface area contributed by atoms with E-state index in [1.807, 2.05) is 121 Å². The predicted molar refractivity (Wildman–Crippen MR) is 212 cm³/mol. The zero-order valence-corrected chi connectivity index (χ0v) is 30.9. The number of nitrogens with one attached hydrogen (secondary N) is 2. The number of ether oxygens (including phenoxy) is 5. The van der Waals surface area contributed by atoms with Crippen LogP contribution in [0.1, 0.15) is 43.0 Å². The van der Waals surface area contributed by atoms with Gasteiger partial charge < -0.3 is 34.3 Å². The van der Waals surface area contributed by atoms with Crippen molar-refractivity contribution in [2.24, 2.45) is 0 Å². The van der Waals surface area contributed by atoms with Gasteiger partial charge in [-0.15, -0.1) is 0 Å². The van der Waals surface area contributed by atoms with E-state index in [9.17, 15) is 14.4 Å². The maximum atomic E-state index is 14.0.